The first-order valence-corrected chi connectivity index (χ1v) is 8.53. The van der Waals surface area contributed by atoms with Gasteiger partial charge in [0.2, 0.25) is 0 Å². The summed E-state index contributed by atoms with van der Waals surface area (Å²) in [6.07, 6.45) is 1.11. The van der Waals surface area contributed by atoms with Gasteiger partial charge in [-0.3, -0.25) is 9.69 Å². The molecule has 1 aromatic carbocycles. The van der Waals surface area contributed by atoms with Gasteiger partial charge < -0.3 is 5.11 Å². The van der Waals surface area contributed by atoms with Crippen LogP contribution in [0.3, 0.4) is 0 Å². The fraction of sp³-hybridized carbons (Fsp3) is 0.562. The maximum atomic E-state index is 11.6. The van der Waals surface area contributed by atoms with E-state index >= 15 is 0 Å². The molecule has 116 valence electrons. The van der Waals surface area contributed by atoms with E-state index in [1.807, 2.05) is 11.8 Å². The topological polar surface area (TPSA) is 40.5 Å². The van der Waals surface area contributed by atoms with Crippen LogP contribution in [-0.2, 0) is 6.54 Å². The van der Waals surface area contributed by atoms with Crippen molar-refractivity contribution >= 4 is 29.1 Å². The van der Waals surface area contributed by atoms with Crippen molar-refractivity contribution in [1.29, 1.82) is 0 Å². The molecule has 1 saturated heterocycles. The maximum Gasteiger partial charge on any atom is 0.163 e. The molecule has 21 heavy (non-hydrogen) atoms. The van der Waals surface area contributed by atoms with Gasteiger partial charge in [0.1, 0.15) is 5.75 Å². The standard InChI is InChI=1S/C16H22ClNO2S/c1-11(19)14-9-13(17)8-12(15(14)20)10-18-5-4-16(2,3)21-7-6-18/h8-9,20H,4-7,10H2,1-3H3. The minimum Gasteiger partial charge on any atom is -0.507 e. The third kappa shape index (κ3) is 4.38. The van der Waals surface area contributed by atoms with Crippen molar-refractivity contribution in [3.05, 3.63) is 28.3 Å². The van der Waals surface area contributed by atoms with Crippen LogP contribution in [0.2, 0.25) is 5.02 Å². The Kier molecular flexibility index (Phi) is 5.23. The largest absolute Gasteiger partial charge is 0.507 e. The molecule has 0 aliphatic carbocycles. The second kappa shape index (κ2) is 6.59. The first kappa shape index (κ1) is 16.7. The number of phenols is 1. The Morgan fingerprint density at radius 1 is 1.43 bits per heavy atom. The van der Waals surface area contributed by atoms with Crippen LogP contribution in [0.25, 0.3) is 0 Å². The lowest BCUT2D eigenvalue weighted by atomic mass is 10.0. The van der Waals surface area contributed by atoms with Gasteiger partial charge >= 0.3 is 0 Å². The van der Waals surface area contributed by atoms with E-state index in [1.165, 1.54) is 13.0 Å². The van der Waals surface area contributed by atoms with Crippen LogP contribution in [0.4, 0.5) is 0 Å². The average Bonchev–Trinajstić information content (AvgIpc) is 2.54. The molecule has 1 aliphatic rings. The number of Topliss-reactive ketones (excluding diaryl/α,β-unsaturated/α-hetero) is 1. The molecule has 1 N–H and O–H groups in total. The fourth-order valence-electron chi connectivity index (χ4n) is 2.51. The molecule has 0 spiro atoms. The molecule has 0 aromatic heterocycles. The van der Waals surface area contributed by atoms with Gasteiger partial charge in [0.05, 0.1) is 5.56 Å². The summed E-state index contributed by atoms with van der Waals surface area (Å²) in [5.74, 6) is 0.986. The van der Waals surface area contributed by atoms with E-state index < -0.39 is 0 Å². The van der Waals surface area contributed by atoms with Crippen LogP contribution in [-0.4, -0.2) is 39.4 Å². The minimum absolute atomic E-state index is 0.0723. The van der Waals surface area contributed by atoms with E-state index in [-0.39, 0.29) is 11.5 Å². The van der Waals surface area contributed by atoms with Crippen LogP contribution in [0.1, 0.15) is 43.1 Å². The van der Waals surface area contributed by atoms with Gasteiger partial charge in [-0.2, -0.15) is 11.8 Å². The lowest BCUT2D eigenvalue weighted by Gasteiger charge is -2.23. The molecule has 2 rings (SSSR count). The number of rotatable bonds is 3. The molecule has 3 nitrogen and oxygen atoms in total. The highest BCUT2D eigenvalue weighted by atomic mass is 35.5. The molecule has 0 unspecified atom stereocenters. The Hall–Kier alpha value is -0.710. The molecular weight excluding hydrogens is 306 g/mol. The summed E-state index contributed by atoms with van der Waals surface area (Å²) in [6.45, 7) is 8.58. The number of benzene rings is 1. The number of phenolic OH excluding ortho intramolecular Hbond substituents is 1. The Morgan fingerprint density at radius 2 is 2.14 bits per heavy atom. The van der Waals surface area contributed by atoms with Crippen LogP contribution < -0.4 is 0 Å². The number of aromatic hydroxyl groups is 1. The first-order valence-electron chi connectivity index (χ1n) is 7.17. The Bertz CT molecular complexity index is 545. The Balaban J connectivity index is 2.18. The number of carbonyl (C=O) groups excluding carboxylic acids is 1. The third-order valence-electron chi connectivity index (χ3n) is 3.86. The minimum atomic E-state index is -0.163. The molecule has 0 saturated carbocycles. The number of thioether (sulfide) groups is 1. The average molecular weight is 328 g/mol. The van der Waals surface area contributed by atoms with E-state index in [1.54, 1.807) is 6.07 Å². The molecule has 0 radical (unpaired) electrons. The van der Waals surface area contributed by atoms with Crippen molar-refractivity contribution in [1.82, 2.24) is 4.90 Å². The van der Waals surface area contributed by atoms with Crippen LogP contribution >= 0.6 is 23.4 Å². The summed E-state index contributed by atoms with van der Waals surface area (Å²) in [7, 11) is 0. The molecule has 0 amide bonds. The molecule has 1 aromatic rings. The van der Waals surface area contributed by atoms with Crippen molar-refractivity contribution in [2.75, 3.05) is 18.8 Å². The predicted octanol–water partition coefficient (Wildman–Crippen LogP) is 3.97. The van der Waals surface area contributed by atoms with E-state index in [4.69, 9.17) is 11.6 Å². The van der Waals surface area contributed by atoms with Gasteiger partial charge in [0, 0.05) is 34.2 Å². The lowest BCUT2D eigenvalue weighted by Crippen LogP contribution is -2.27. The van der Waals surface area contributed by atoms with Gasteiger partial charge in [-0.15, -0.1) is 0 Å². The van der Waals surface area contributed by atoms with Crippen molar-refractivity contribution in [2.24, 2.45) is 0 Å². The van der Waals surface area contributed by atoms with Crippen LogP contribution in [0.15, 0.2) is 12.1 Å². The quantitative estimate of drug-likeness (QED) is 0.853. The van der Waals surface area contributed by atoms with Crippen LogP contribution in [0, 0.1) is 0 Å². The second-order valence-electron chi connectivity index (χ2n) is 6.15. The molecule has 1 heterocycles. The number of nitrogens with zero attached hydrogens (tertiary/aromatic N) is 1. The zero-order valence-corrected chi connectivity index (χ0v) is 14.4. The lowest BCUT2D eigenvalue weighted by molar-refractivity contribution is 0.101. The first-order chi connectivity index (χ1) is 9.78. The summed E-state index contributed by atoms with van der Waals surface area (Å²) >= 11 is 8.06. The SMILES string of the molecule is CC(=O)c1cc(Cl)cc(CN2CCSC(C)(C)CC2)c1O. The second-order valence-corrected chi connectivity index (χ2v) is 8.39. The summed E-state index contributed by atoms with van der Waals surface area (Å²) in [6, 6.07) is 3.29. The van der Waals surface area contributed by atoms with E-state index in [0.29, 0.717) is 21.9 Å². The summed E-state index contributed by atoms with van der Waals surface area (Å²) in [4.78, 5) is 13.9. The summed E-state index contributed by atoms with van der Waals surface area (Å²) in [5.41, 5.74) is 1.04. The third-order valence-corrected chi connectivity index (χ3v) is 5.45. The van der Waals surface area contributed by atoms with Gasteiger partial charge in [-0.25, -0.2) is 0 Å². The molecule has 1 aliphatic heterocycles. The molecule has 0 atom stereocenters. The van der Waals surface area contributed by atoms with Gasteiger partial charge in [-0.1, -0.05) is 25.4 Å². The highest BCUT2D eigenvalue weighted by Crippen LogP contribution is 2.33. The summed E-state index contributed by atoms with van der Waals surface area (Å²) < 4.78 is 0.301. The number of ketones is 1. The van der Waals surface area contributed by atoms with Gasteiger partial charge in [0.15, 0.2) is 5.78 Å². The zero-order valence-electron chi connectivity index (χ0n) is 12.8. The smallest absolute Gasteiger partial charge is 0.163 e. The van der Waals surface area contributed by atoms with E-state index in [2.05, 4.69) is 18.7 Å². The highest BCUT2D eigenvalue weighted by molar-refractivity contribution is 8.00. The summed E-state index contributed by atoms with van der Waals surface area (Å²) in [5, 5.41) is 10.8. The normalized spacial score (nSPS) is 19.2. The van der Waals surface area contributed by atoms with Gasteiger partial charge in [0.25, 0.3) is 0 Å². The van der Waals surface area contributed by atoms with Crippen molar-refractivity contribution in [3.63, 3.8) is 0 Å². The van der Waals surface area contributed by atoms with Gasteiger partial charge in [-0.05, 0) is 32.0 Å². The number of carbonyl (C=O) groups is 1. The predicted molar refractivity (Wildman–Crippen MR) is 89.6 cm³/mol. The van der Waals surface area contributed by atoms with Crippen molar-refractivity contribution in [2.45, 2.75) is 38.5 Å². The zero-order chi connectivity index (χ0) is 15.6. The van der Waals surface area contributed by atoms with E-state index in [9.17, 15) is 9.90 Å². The number of hydrogen-bond acceptors (Lipinski definition) is 4. The molecule has 1 fully saturated rings. The maximum absolute atomic E-state index is 11.6. The Morgan fingerprint density at radius 3 is 2.81 bits per heavy atom. The van der Waals surface area contributed by atoms with Crippen molar-refractivity contribution < 1.29 is 9.90 Å². The Labute approximate surface area is 135 Å². The van der Waals surface area contributed by atoms with Crippen LogP contribution in [0.5, 0.6) is 5.75 Å². The van der Waals surface area contributed by atoms with E-state index in [0.717, 1.165) is 30.8 Å². The fourth-order valence-corrected chi connectivity index (χ4v) is 3.88. The highest BCUT2D eigenvalue weighted by Gasteiger charge is 2.24. The molecule has 0 bridgehead atoms. The molecule has 5 heteroatoms. The monoisotopic (exact) mass is 327 g/mol. The number of halogens is 1. The number of hydrogen-bond donors (Lipinski definition) is 1. The van der Waals surface area contributed by atoms with Crippen molar-refractivity contribution in [3.8, 4) is 5.75 Å². The molecular formula is C16H22ClNO2S.